The quantitative estimate of drug-likeness (QED) is 0.655. The summed E-state index contributed by atoms with van der Waals surface area (Å²) < 4.78 is 8.61. The Morgan fingerprint density at radius 2 is 2.04 bits per heavy atom. The molecule has 0 saturated carbocycles. The van der Waals surface area contributed by atoms with Crippen LogP contribution in [0.3, 0.4) is 0 Å². The number of ether oxygens (including phenoxy) is 1. The van der Waals surface area contributed by atoms with E-state index >= 15 is 0 Å². The molecule has 3 aromatic rings. The van der Waals surface area contributed by atoms with E-state index in [0.29, 0.717) is 32.1 Å². The summed E-state index contributed by atoms with van der Waals surface area (Å²) in [7, 11) is 0. The van der Waals surface area contributed by atoms with E-state index in [1.807, 2.05) is 54.1 Å². The van der Waals surface area contributed by atoms with Crippen molar-refractivity contribution in [3.05, 3.63) is 75.9 Å². The van der Waals surface area contributed by atoms with E-state index in [2.05, 4.69) is 38.5 Å². The number of urea groups is 1. The van der Waals surface area contributed by atoms with E-state index in [1.165, 1.54) is 5.56 Å². The van der Waals surface area contributed by atoms with Crippen LogP contribution in [0.5, 0.6) is 5.75 Å². The summed E-state index contributed by atoms with van der Waals surface area (Å²) >= 11 is 3.51. The number of halogens is 1. The van der Waals surface area contributed by atoms with E-state index in [9.17, 15) is 4.79 Å². The number of benzene rings is 2. The normalized spacial score (nSPS) is 13.4. The van der Waals surface area contributed by atoms with Gasteiger partial charge in [-0.2, -0.15) is 5.10 Å². The number of fused-ring (bicyclic) bond motifs is 1. The van der Waals surface area contributed by atoms with E-state index in [1.54, 1.807) is 4.90 Å². The van der Waals surface area contributed by atoms with Crippen LogP contribution < -0.4 is 10.1 Å². The molecule has 0 fully saturated rings. The molecule has 1 N–H and O–H groups in total. The Bertz CT molecular complexity index is 987. The minimum absolute atomic E-state index is 0.180. The molecule has 0 aliphatic carbocycles. The van der Waals surface area contributed by atoms with Crippen LogP contribution in [-0.2, 0) is 13.1 Å². The summed E-state index contributed by atoms with van der Waals surface area (Å²) in [5.74, 6) is 1.36. The lowest BCUT2D eigenvalue weighted by molar-refractivity contribution is 0.200. The van der Waals surface area contributed by atoms with Gasteiger partial charge in [0.05, 0.1) is 24.1 Å². The van der Waals surface area contributed by atoms with Gasteiger partial charge in [-0.25, -0.2) is 4.79 Å². The highest BCUT2D eigenvalue weighted by molar-refractivity contribution is 9.10. The van der Waals surface area contributed by atoms with Crippen molar-refractivity contribution < 1.29 is 9.53 Å². The van der Waals surface area contributed by atoms with Crippen LogP contribution in [0.2, 0.25) is 0 Å². The van der Waals surface area contributed by atoms with Gasteiger partial charge in [0.25, 0.3) is 0 Å². The third kappa shape index (κ3) is 4.04. The van der Waals surface area contributed by atoms with Crippen molar-refractivity contribution in [1.29, 1.82) is 0 Å². The van der Waals surface area contributed by atoms with Crippen molar-refractivity contribution in [1.82, 2.24) is 14.7 Å². The van der Waals surface area contributed by atoms with Crippen LogP contribution in [0.4, 0.5) is 10.6 Å². The maximum Gasteiger partial charge on any atom is 0.323 e. The van der Waals surface area contributed by atoms with Gasteiger partial charge in [-0.05, 0) is 34.5 Å². The molecule has 6 nitrogen and oxygen atoms in total. The summed E-state index contributed by atoms with van der Waals surface area (Å²) in [6, 6.07) is 17.7. The van der Waals surface area contributed by atoms with E-state index in [-0.39, 0.29) is 6.03 Å². The molecule has 1 aliphatic heterocycles. The zero-order valence-corrected chi connectivity index (χ0v) is 17.1. The lowest BCUT2D eigenvalue weighted by Gasteiger charge is -2.19. The van der Waals surface area contributed by atoms with Gasteiger partial charge >= 0.3 is 6.03 Å². The van der Waals surface area contributed by atoms with Crippen molar-refractivity contribution >= 4 is 27.8 Å². The Morgan fingerprint density at radius 3 is 2.86 bits per heavy atom. The van der Waals surface area contributed by atoms with Crippen LogP contribution in [0.1, 0.15) is 16.8 Å². The Morgan fingerprint density at radius 1 is 1.21 bits per heavy atom. The number of hydrogen-bond acceptors (Lipinski definition) is 3. The van der Waals surface area contributed by atoms with Gasteiger partial charge in [-0.15, -0.1) is 0 Å². The van der Waals surface area contributed by atoms with Crippen molar-refractivity contribution in [2.75, 3.05) is 18.5 Å². The van der Waals surface area contributed by atoms with Crippen molar-refractivity contribution in [2.45, 2.75) is 20.0 Å². The van der Waals surface area contributed by atoms with Gasteiger partial charge in [-0.1, -0.05) is 42.5 Å². The summed E-state index contributed by atoms with van der Waals surface area (Å²) in [6.07, 6.45) is 0. The Hall–Kier alpha value is -2.80. The molecule has 1 aliphatic rings. The van der Waals surface area contributed by atoms with Gasteiger partial charge in [0, 0.05) is 17.3 Å². The molecule has 0 saturated heterocycles. The van der Waals surface area contributed by atoms with Gasteiger partial charge in [-0.3, -0.25) is 10.00 Å². The minimum atomic E-state index is -0.180. The van der Waals surface area contributed by atoms with Crippen LogP contribution in [0.25, 0.3) is 0 Å². The smallest absolute Gasteiger partial charge is 0.323 e. The largest absolute Gasteiger partial charge is 0.490 e. The van der Waals surface area contributed by atoms with Gasteiger partial charge in [0.2, 0.25) is 0 Å². The van der Waals surface area contributed by atoms with Crippen LogP contribution >= 0.6 is 15.9 Å². The lowest BCUT2D eigenvalue weighted by Crippen LogP contribution is -2.36. The first-order valence-corrected chi connectivity index (χ1v) is 9.94. The number of anilines is 1. The topological polar surface area (TPSA) is 59.4 Å². The highest BCUT2D eigenvalue weighted by Gasteiger charge is 2.22. The fourth-order valence-corrected chi connectivity index (χ4v) is 3.75. The summed E-state index contributed by atoms with van der Waals surface area (Å²) in [6.45, 7) is 4.10. The van der Waals surface area contributed by atoms with E-state index in [4.69, 9.17) is 4.74 Å². The molecule has 2 heterocycles. The molecule has 1 aromatic heterocycles. The minimum Gasteiger partial charge on any atom is -0.490 e. The zero-order chi connectivity index (χ0) is 19.5. The molecule has 4 rings (SSSR count). The van der Waals surface area contributed by atoms with Gasteiger partial charge in [0.15, 0.2) is 5.82 Å². The number of carbonyl (C=O) groups excluding carboxylic acids is 1. The molecular weight excluding hydrogens is 420 g/mol. The predicted molar refractivity (Wildman–Crippen MR) is 112 cm³/mol. The molecule has 144 valence electrons. The summed E-state index contributed by atoms with van der Waals surface area (Å²) in [5, 5.41) is 7.46. The third-order valence-electron chi connectivity index (χ3n) is 4.70. The molecule has 0 radical (unpaired) electrons. The fourth-order valence-electron chi connectivity index (χ4n) is 3.23. The molecular formula is C21H21BrN4O2. The summed E-state index contributed by atoms with van der Waals surface area (Å²) in [5.41, 5.74) is 3.14. The van der Waals surface area contributed by atoms with Crippen molar-refractivity contribution in [2.24, 2.45) is 0 Å². The average Bonchev–Trinajstić information content (AvgIpc) is 2.90. The molecule has 7 heteroatoms. The Balaban J connectivity index is 1.46. The third-order valence-corrected chi connectivity index (χ3v) is 5.32. The second-order valence-electron chi connectivity index (χ2n) is 6.74. The predicted octanol–water partition coefficient (Wildman–Crippen LogP) is 4.43. The maximum atomic E-state index is 12.8. The first-order chi connectivity index (χ1) is 13.6. The lowest BCUT2D eigenvalue weighted by atomic mass is 10.2. The number of nitrogens with one attached hydrogen (secondary N) is 1. The summed E-state index contributed by atoms with van der Waals surface area (Å²) in [4.78, 5) is 14.5. The van der Waals surface area contributed by atoms with Crippen molar-refractivity contribution in [3.8, 4) is 5.75 Å². The molecule has 0 unspecified atom stereocenters. The fraction of sp³-hybridized carbons (Fsp3) is 0.238. The molecule has 0 spiro atoms. The number of carbonyl (C=O) groups is 1. The van der Waals surface area contributed by atoms with Crippen LogP contribution in [-0.4, -0.2) is 33.9 Å². The van der Waals surface area contributed by atoms with E-state index < -0.39 is 0 Å². The first kappa shape index (κ1) is 18.6. The first-order valence-electron chi connectivity index (χ1n) is 9.14. The molecule has 0 bridgehead atoms. The highest BCUT2D eigenvalue weighted by Crippen LogP contribution is 2.31. The molecule has 28 heavy (non-hydrogen) atoms. The number of rotatable bonds is 3. The second kappa shape index (κ2) is 8.06. The molecule has 2 aromatic carbocycles. The molecule has 0 atom stereocenters. The number of hydrogen-bond donors (Lipinski definition) is 1. The highest BCUT2D eigenvalue weighted by atomic mass is 79.9. The standard InChI is InChI=1S/C21H21BrN4O2/c1-15-12-19(24-26(15)13-16-6-3-2-4-7-16)23-21(27)25-10-11-28-20-17(14-25)8-5-9-18(20)22/h2-9,12H,10-11,13-14H2,1H3,(H,23,24,27). The number of nitrogens with zero attached hydrogens (tertiary/aromatic N) is 3. The zero-order valence-electron chi connectivity index (χ0n) is 15.6. The van der Waals surface area contributed by atoms with Crippen LogP contribution in [0, 0.1) is 6.92 Å². The maximum absolute atomic E-state index is 12.8. The van der Waals surface area contributed by atoms with Crippen LogP contribution in [0.15, 0.2) is 59.1 Å². The number of aromatic nitrogens is 2. The number of para-hydroxylation sites is 1. The molecule has 2 amide bonds. The monoisotopic (exact) mass is 440 g/mol. The average molecular weight is 441 g/mol. The van der Waals surface area contributed by atoms with E-state index in [0.717, 1.165) is 21.5 Å². The Kier molecular flexibility index (Phi) is 5.34. The second-order valence-corrected chi connectivity index (χ2v) is 7.60. The number of aryl methyl sites for hydroxylation is 1. The van der Waals surface area contributed by atoms with Crippen molar-refractivity contribution in [3.63, 3.8) is 0 Å². The Labute approximate surface area is 172 Å². The number of amides is 2. The van der Waals surface area contributed by atoms with Gasteiger partial charge < -0.3 is 9.64 Å². The van der Waals surface area contributed by atoms with Gasteiger partial charge in [0.1, 0.15) is 12.4 Å². The SMILES string of the molecule is Cc1cc(NC(=O)N2CCOc3c(Br)cccc3C2)nn1Cc1ccccc1.